The fourth-order valence-corrected chi connectivity index (χ4v) is 4.22. The molecule has 2 aliphatic heterocycles. The van der Waals surface area contributed by atoms with E-state index in [0.717, 1.165) is 44.3 Å². The first kappa shape index (κ1) is 19.6. The van der Waals surface area contributed by atoms with Crippen molar-refractivity contribution in [3.8, 4) is 0 Å². The Balaban J connectivity index is 1.37. The lowest BCUT2D eigenvalue weighted by molar-refractivity contribution is -0.123. The van der Waals surface area contributed by atoms with Crippen LogP contribution in [0.15, 0.2) is 36.9 Å². The summed E-state index contributed by atoms with van der Waals surface area (Å²) in [7, 11) is 0. The fourth-order valence-electron chi connectivity index (χ4n) is 4.22. The van der Waals surface area contributed by atoms with Gasteiger partial charge in [-0.3, -0.25) is 9.59 Å². The number of amides is 2. The molecular formula is C21H28N6O2. The number of benzene rings is 1. The van der Waals surface area contributed by atoms with Crippen LogP contribution in [0.3, 0.4) is 0 Å². The number of carbonyl (C=O) groups excluding carboxylic acids is 2. The molecule has 154 valence electrons. The zero-order valence-electron chi connectivity index (χ0n) is 16.6. The third kappa shape index (κ3) is 4.82. The normalized spacial score (nSPS) is 21.9. The number of aromatic nitrogens is 3. The standard InChI is InChI=1S/C21H28N6O2/c28-20(19-8-3-9-23-19)24-11-16-5-4-10-26(12-16)21(29)18-7-2-1-6-17(18)13-27-15-22-14-25-27/h1-2,6-7,14-16,19,23H,3-5,8-13H2,(H,24,28). The van der Waals surface area contributed by atoms with Gasteiger partial charge in [-0.15, -0.1) is 0 Å². The molecular weight excluding hydrogens is 368 g/mol. The molecule has 29 heavy (non-hydrogen) atoms. The molecule has 2 N–H and O–H groups in total. The van der Waals surface area contributed by atoms with Crippen molar-refractivity contribution in [2.45, 2.75) is 38.3 Å². The van der Waals surface area contributed by atoms with E-state index in [1.54, 1.807) is 11.0 Å². The Morgan fingerprint density at radius 3 is 2.90 bits per heavy atom. The van der Waals surface area contributed by atoms with E-state index in [-0.39, 0.29) is 17.9 Å². The minimum absolute atomic E-state index is 0.0502. The molecule has 2 aromatic rings. The van der Waals surface area contributed by atoms with Crippen LogP contribution in [-0.2, 0) is 11.3 Å². The zero-order chi connectivity index (χ0) is 20.1. The molecule has 2 saturated heterocycles. The van der Waals surface area contributed by atoms with Gasteiger partial charge in [0, 0.05) is 25.2 Å². The second-order valence-corrected chi connectivity index (χ2v) is 7.90. The van der Waals surface area contributed by atoms with Crippen molar-refractivity contribution >= 4 is 11.8 Å². The van der Waals surface area contributed by atoms with E-state index < -0.39 is 0 Å². The van der Waals surface area contributed by atoms with Crippen LogP contribution in [0, 0.1) is 5.92 Å². The first-order chi connectivity index (χ1) is 14.2. The molecule has 1 aromatic heterocycles. The summed E-state index contributed by atoms with van der Waals surface area (Å²) >= 11 is 0. The number of piperidine rings is 1. The lowest BCUT2D eigenvalue weighted by Gasteiger charge is -2.33. The van der Waals surface area contributed by atoms with E-state index in [0.29, 0.717) is 31.1 Å². The molecule has 0 saturated carbocycles. The van der Waals surface area contributed by atoms with Crippen molar-refractivity contribution in [2.24, 2.45) is 5.92 Å². The van der Waals surface area contributed by atoms with Crippen molar-refractivity contribution in [3.05, 3.63) is 48.0 Å². The first-order valence-corrected chi connectivity index (χ1v) is 10.4. The molecule has 2 aliphatic rings. The number of hydrogen-bond acceptors (Lipinski definition) is 5. The van der Waals surface area contributed by atoms with Gasteiger partial charge in [-0.05, 0) is 49.8 Å². The van der Waals surface area contributed by atoms with Crippen LogP contribution in [-0.4, -0.2) is 63.7 Å². The molecule has 0 spiro atoms. The van der Waals surface area contributed by atoms with Crippen LogP contribution < -0.4 is 10.6 Å². The maximum atomic E-state index is 13.2. The van der Waals surface area contributed by atoms with E-state index in [1.165, 1.54) is 6.33 Å². The number of rotatable bonds is 6. The summed E-state index contributed by atoms with van der Waals surface area (Å²) in [6.07, 6.45) is 7.10. The molecule has 2 amide bonds. The molecule has 0 aliphatic carbocycles. The van der Waals surface area contributed by atoms with E-state index >= 15 is 0 Å². The summed E-state index contributed by atoms with van der Waals surface area (Å²) in [4.78, 5) is 31.4. The predicted molar refractivity (Wildman–Crippen MR) is 108 cm³/mol. The lowest BCUT2D eigenvalue weighted by Crippen LogP contribution is -2.46. The Morgan fingerprint density at radius 1 is 1.21 bits per heavy atom. The summed E-state index contributed by atoms with van der Waals surface area (Å²) in [6.45, 7) is 3.49. The molecule has 0 bridgehead atoms. The first-order valence-electron chi connectivity index (χ1n) is 10.4. The van der Waals surface area contributed by atoms with Gasteiger partial charge in [0.15, 0.2) is 0 Å². The van der Waals surface area contributed by atoms with Crippen LogP contribution >= 0.6 is 0 Å². The van der Waals surface area contributed by atoms with Crippen LogP contribution in [0.1, 0.15) is 41.6 Å². The Labute approximate surface area is 170 Å². The molecule has 1 aromatic carbocycles. The summed E-state index contributed by atoms with van der Waals surface area (Å²) in [6, 6.07) is 7.62. The van der Waals surface area contributed by atoms with Crippen molar-refractivity contribution in [3.63, 3.8) is 0 Å². The van der Waals surface area contributed by atoms with Crippen molar-refractivity contribution in [1.29, 1.82) is 0 Å². The van der Waals surface area contributed by atoms with Gasteiger partial charge in [0.05, 0.1) is 12.6 Å². The molecule has 3 heterocycles. The Kier molecular flexibility index (Phi) is 6.19. The summed E-state index contributed by atoms with van der Waals surface area (Å²) < 4.78 is 1.72. The van der Waals surface area contributed by atoms with Gasteiger partial charge in [0.25, 0.3) is 5.91 Å². The summed E-state index contributed by atoms with van der Waals surface area (Å²) in [5.74, 6) is 0.429. The molecule has 0 radical (unpaired) electrons. The van der Waals surface area contributed by atoms with Crippen molar-refractivity contribution < 1.29 is 9.59 Å². The lowest BCUT2D eigenvalue weighted by atomic mass is 9.96. The molecule has 4 rings (SSSR count). The third-order valence-corrected chi connectivity index (χ3v) is 5.79. The average Bonchev–Trinajstić information content (AvgIpc) is 3.46. The highest BCUT2D eigenvalue weighted by Gasteiger charge is 2.27. The monoisotopic (exact) mass is 396 g/mol. The fraction of sp³-hybridized carbons (Fsp3) is 0.524. The second-order valence-electron chi connectivity index (χ2n) is 7.90. The van der Waals surface area contributed by atoms with Gasteiger partial charge in [-0.2, -0.15) is 5.10 Å². The van der Waals surface area contributed by atoms with Crippen LogP contribution in [0.25, 0.3) is 0 Å². The van der Waals surface area contributed by atoms with Crippen LogP contribution in [0.5, 0.6) is 0 Å². The third-order valence-electron chi connectivity index (χ3n) is 5.79. The maximum absolute atomic E-state index is 13.2. The number of hydrogen-bond donors (Lipinski definition) is 2. The number of nitrogens with zero attached hydrogens (tertiary/aromatic N) is 4. The topological polar surface area (TPSA) is 92.2 Å². The predicted octanol–water partition coefficient (Wildman–Crippen LogP) is 1.05. The maximum Gasteiger partial charge on any atom is 0.254 e. The Morgan fingerprint density at radius 2 is 2.10 bits per heavy atom. The van der Waals surface area contributed by atoms with E-state index in [4.69, 9.17) is 0 Å². The molecule has 2 fully saturated rings. The number of nitrogens with one attached hydrogen (secondary N) is 2. The van der Waals surface area contributed by atoms with E-state index in [9.17, 15) is 9.59 Å². The zero-order valence-corrected chi connectivity index (χ0v) is 16.6. The highest BCUT2D eigenvalue weighted by molar-refractivity contribution is 5.95. The van der Waals surface area contributed by atoms with Gasteiger partial charge < -0.3 is 15.5 Å². The van der Waals surface area contributed by atoms with Gasteiger partial charge in [-0.1, -0.05) is 18.2 Å². The van der Waals surface area contributed by atoms with Crippen molar-refractivity contribution in [2.75, 3.05) is 26.2 Å². The van der Waals surface area contributed by atoms with Gasteiger partial charge in [0.2, 0.25) is 5.91 Å². The highest BCUT2D eigenvalue weighted by atomic mass is 16.2. The summed E-state index contributed by atoms with van der Waals surface area (Å²) in [5.41, 5.74) is 1.65. The smallest absolute Gasteiger partial charge is 0.254 e. The number of likely N-dealkylation sites (tertiary alicyclic amines) is 1. The molecule has 8 nitrogen and oxygen atoms in total. The Bertz CT molecular complexity index is 831. The average molecular weight is 396 g/mol. The summed E-state index contributed by atoms with van der Waals surface area (Å²) in [5, 5.41) is 10.5. The number of carbonyl (C=O) groups is 2. The van der Waals surface area contributed by atoms with E-state index in [1.807, 2.05) is 29.2 Å². The molecule has 2 unspecified atom stereocenters. The Hall–Kier alpha value is -2.74. The van der Waals surface area contributed by atoms with Gasteiger partial charge in [0.1, 0.15) is 12.7 Å². The largest absolute Gasteiger partial charge is 0.354 e. The molecule has 2 atom stereocenters. The van der Waals surface area contributed by atoms with Crippen LogP contribution in [0.2, 0.25) is 0 Å². The minimum atomic E-state index is -0.0556. The SMILES string of the molecule is O=C(NCC1CCCN(C(=O)c2ccccc2Cn2cncn2)C1)C1CCCN1. The van der Waals surface area contributed by atoms with Crippen LogP contribution in [0.4, 0.5) is 0 Å². The highest BCUT2D eigenvalue weighted by Crippen LogP contribution is 2.20. The van der Waals surface area contributed by atoms with Crippen molar-refractivity contribution in [1.82, 2.24) is 30.3 Å². The molecule has 8 heteroatoms. The van der Waals surface area contributed by atoms with Gasteiger partial charge >= 0.3 is 0 Å². The van der Waals surface area contributed by atoms with E-state index in [2.05, 4.69) is 20.7 Å². The second kappa shape index (κ2) is 9.17. The quantitative estimate of drug-likeness (QED) is 0.761. The minimum Gasteiger partial charge on any atom is -0.354 e. The van der Waals surface area contributed by atoms with Gasteiger partial charge in [-0.25, -0.2) is 9.67 Å².